The second-order valence-corrected chi connectivity index (χ2v) is 13.3. The second-order valence-electron chi connectivity index (χ2n) is 10.6. The normalized spacial score (nSPS) is 17.1. The Morgan fingerprint density at radius 1 is 1.03 bits per heavy atom. The Kier molecular flexibility index (Phi) is 7.95. The zero-order valence-corrected chi connectivity index (χ0v) is 23.9. The van der Waals surface area contributed by atoms with Gasteiger partial charge in [0.15, 0.2) is 0 Å². The Balaban J connectivity index is 1.36. The van der Waals surface area contributed by atoms with Gasteiger partial charge in [-0.25, -0.2) is 8.42 Å². The van der Waals surface area contributed by atoms with Crippen LogP contribution >= 0.6 is 23.2 Å². The van der Waals surface area contributed by atoms with Crippen molar-refractivity contribution in [1.29, 1.82) is 0 Å². The highest BCUT2D eigenvalue weighted by molar-refractivity contribution is 7.92. The van der Waals surface area contributed by atoms with Crippen molar-refractivity contribution in [2.75, 3.05) is 36.8 Å². The number of halogens is 2. The van der Waals surface area contributed by atoms with Crippen LogP contribution in [0.25, 0.3) is 0 Å². The van der Waals surface area contributed by atoms with Crippen molar-refractivity contribution in [1.82, 2.24) is 10.2 Å². The molecule has 0 aromatic heterocycles. The van der Waals surface area contributed by atoms with Crippen LogP contribution in [0.4, 0.5) is 5.69 Å². The maximum absolute atomic E-state index is 13.0. The van der Waals surface area contributed by atoms with E-state index in [-0.39, 0.29) is 30.0 Å². The van der Waals surface area contributed by atoms with E-state index in [9.17, 15) is 18.3 Å². The summed E-state index contributed by atoms with van der Waals surface area (Å²) in [4.78, 5) is 15.0. The minimum Gasteiger partial charge on any atom is -0.396 e. The quantitative estimate of drug-likeness (QED) is 0.358. The predicted octanol–water partition coefficient (Wildman–Crippen LogP) is 4.74. The van der Waals surface area contributed by atoms with Gasteiger partial charge in [-0.15, -0.1) is 0 Å². The minimum atomic E-state index is -3.63. The van der Waals surface area contributed by atoms with Gasteiger partial charge < -0.3 is 10.4 Å². The molecule has 5 rings (SSSR count). The second kappa shape index (κ2) is 11.1. The smallest absolute Gasteiger partial charge is 0.251 e. The van der Waals surface area contributed by atoms with E-state index < -0.39 is 10.0 Å². The van der Waals surface area contributed by atoms with Crippen LogP contribution < -0.4 is 9.62 Å². The number of hydrogen-bond donors (Lipinski definition) is 2. The molecular weight excluding hydrogens is 557 g/mol. The number of anilines is 1. The third-order valence-corrected chi connectivity index (χ3v) is 9.32. The average Bonchev–Trinajstić information content (AvgIpc) is 3.67. The molecule has 1 aliphatic heterocycles. The van der Waals surface area contributed by atoms with E-state index in [1.807, 2.05) is 48.5 Å². The number of carbonyl (C=O) groups is 1. The van der Waals surface area contributed by atoms with Crippen LogP contribution in [0.2, 0.25) is 10.0 Å². The van der Waals surface area contributed by atoms with E-state index in [0.29, 0.717) is 40.9 Å². The van der Waals surface area contributed by atoms with Crippen molar-refractivity contribution in [3.05, 3.63) is 99.5 Å². The molecule has 206 valence electrons. The predicted molar refractivity (Wildman–Crippen MR) is 155 cm³/mol. The summed E-state index contributed by atoms with van der Waals surface area (Å²) in [6.07, 6.45) is 2.96. The lowest BCUT2D eigenvalue weighted by Crippen LogP contribution is -2.61. The molecule has 2 aliphatic rings. The van der Waals surface area contributed by atoms with Crippen molar-refractivity contribution in [2.24, 2.45) is 5.41 Å². The summed E-state index contributed by atoms with van der Waals surface area (Å²) in [6, 6.07) is 21.6. The summed E-state index contributed by atoms with van der Waals surface area (Å²) >= 11 is 12.3. The van der Waals surface area contributed by atoms with E-state index in [2.05, 4.69) is 10.2 Å². The van der Waals surface area contributed by atoms with Crippen molar-refractivity contribution in [2.45, 2.75) is 24.9 Å². The molecule has 2 fully saturated rings. The average molecular weight is 589 g/mol. The third-order valence-electron chi connectivity index (χ3n) is 7.60. The molecule has 0 atom stereocenters. The molecule has 7 nitrogen and oxygen atoms in total. The number of amides is 1. The van der Waals surface area contributed by atoms with E-state index in [1.54, 1.807) is 24.3 Å². The fourth-order valence-electron chi connectivity index (χ4n) is 5.15. The molecule has 1 aliphatic carbocycles. The molecule has 1 heterocycles. The van der Waals surface area contributed by atoms with Crippen LogP contribution in [0.5, 0.6) is 0 Å². The van der Waals surface area contributed by atoms with Gasteiger partial charge in [0.2, 0.25) is 10.0 Å². The number of aliphatic hydroxyl groups is 1. The van der Waals surface area contributed by atoms with Crippen LogP contribution in [0.1, 0.15) is 40.4 Å². The number of benzene rings is 3. The molecule has 0 radical (unpaired) electrons. The maximum Gasteiger partial charge on any atom is 0.251 e. The Labute approximate surface area is 239 Å². The highest BCUT2D eigenvalue weighted by atomic mass is 35.5. The van der Waals surface area contributed by atoms with Gasteiger partial charge in [-0.05, 0) is 66.4 Å². The van der Waals surface area contributed by atoms with Crippen molar-refractivity contribution >= 4 is 44.8 Å². The van der Waals surface area contributed by atoms with Crippen LogP contribution in [-0.2, 0) is 10.0 Å². The third kappa shape index (κ3) is 6.26. The van der Waals surface area contributed by atoms with Gasteiger partial charge in [0.1, 0.15) is 0 Å². The molecule has 0 spiro atoms. The molecular formula is C29H31Cl2N3O4S. The Morgan fingerprint density at radius 3 is 2.08 bits per heavy atom. The number of aliphatic hydroxyl groups excluding tert-OH is 1. The van der Waals surface area contributed by atoms with E-state index in [4.69, 9.17) is 23.2 Å². The summed E-state index contributed by atoms with van der Waals surface area (Å²) in [5.41, 5.74) is 2.70. The lowest BCUT2D eigenvalue weighted by atomic mass is 9.93. The molecule has 1 amide bonds. The summed E-state index contributed by atoms with van der Waals surface area (Å²) < 4.78 is 27.4. The standard InChI is InChI=1S/C29H31Cl2N3O4S/c1-39(37,38)34(25-4-2-3-22(15-25)28(36)32-18-29(19-35)13-14-29)26-16-33(17-26)27(20-5-9-23(30)10-6-20)21-7-11-24(31)12-8-21/h2-12,15,26-27,35H,13-14,16-19H2,1H3,(H,32,36). The van der Waals surface area contributed by atoms with Crippen molar-refractivity contribution in [3.63, 3.8) is 0 Å². The minimum absolute atomic E-state index is 0.0421. The first-order valence-corrected chi connectivity index (χ1v) is 15.4. The van der Waals surface area contributed by atoms with Crippen LogP contribution in [0, 0.1) is 5.41 Å². The van der Waals surface area contributed by atoms with Crippen LogP contribution in [0.3, 0.4) is 0 Å². The van der Waals surface area contributed by atoms with E-state index >= 15 is 0 Å². The van der Waals surface area contributed by atoms with E-state index in [0.717, 1.165) is 24.0 Å². The molecule has 3 aromatic rings. The fraction of sp³-hybridized carbons (Fsp3) is 0.345. The molecule has 1 saturated carbocycles. The number of rotatable bonds is 10. The zero-order valence-electron chi connectivity index (χ0n) is 21.6. The molecule has 0 unspecified atom stereocenters. The van der Waals surface area contributed by atoms with Gasteiger partial charge in [-0.3, -0.25) is 14.0 Å². The lowest BCUT2D eigenvalue weighted by molar-refractivity contribution is 0.0935. The van der Waals surface area contributed by atoms with Crippen LogP contribution in [-0.4, -0.2) is 62.9 Å². The van der Waals surface area contributed by atoms with Crippen molar-refractivity contribution in [3.8, 4) is 0 Å². The summed E-state index contributed by atoms with van der Waals surface area (Å²) in [7, 11) is -3.63. The maximum atomic E-state index is 13.0. The summed E-state index contributed by atoms with van der Waals surface area (Å²) in [5.74, 6) is -0.286. The molecule has 10 heteroatoms. The Bertz CT molecular complexity index is 1390. The molecule has 39 heavy (non-hydrogen) atoms. The van der Waals surface area contributed by atoms with Gasteiger partial charge in [0.05, 0.1) is 30.6 Å². The van der Waals surface area contributed by atoms with Gasteiger partial charge >= 0.3 is 0 Å². The first-order valence-electron chi connectivity index (χ1n) is 12.8. The summed E-state index contributed by atoms with van der Waals surface area (Å²) in [5, 5.41) is 13.7. The van der Waals surface area contributed by atoms with Gasteiger partial charge in [0, 0.05) is 40.7 Å². The molecule has 1 saturated heterocycles. The first-order chi connectivity index (χ1) is 18.6. The zero-order chi connectivity index (χ0) is 27.8. The number of hydrogen-bond acceptors (Lipinski definition) is 5. The SMILES string of the molecule is CS(=O)(=O)N(c1cccc(C(=O)NCC2(CO)CC2)c1)C1CN(C(c2ccc(Cl)cc2)c2ccc(Cl)cc2)C1. The number of nitrogens with zero attached hydrogens (tertiary/aromatic N) is 2. The molecule has 2 N–H and O–H groups in total. The Morgan fingerprint density at radius 2 is 1.59 bits per heavy atom. The number of nitrogens with one attached hydrogen (secondary N) is 1. The highest BCUT2D eigenvalue weighted by Gasteiger charge is 2.43. The topological polar surface area (TPSA) is 90.0 Å². The number of carbonyl (C=O) groups excluding carboxylic acids is 1. The first kappa shape index (κ1) is 27.9. The molecule has 3 aromatic carbocycles. The lowest BCUT2D eigenvalue weighted by Gasteiger charge is -2.48. The highest BCUT2D eigenvalue weighted by Crippen LogP contribution is 2.44. The van der Waals surface area contributed by atoms with Crippen LogP contribution in [0.15, 0.2) is 72.8 Å². The number of sulfonamides is 1. The number of likely N-dealkylation sites (tertiary alicyclic amines) is 1. The summed E-state index contributed by atoms with van der Waals surface area (Å²) in [6.45, 7) is 1.44. The molecule has 0 bridgehead atoms. The van der Waals surface area contributed by atoms with E-state index in [1.165, 1.54) is 10.6 Å². The largest absolute Gasteiger partial charge is 0.396 e. The Hall–Kier alpha value is -2.62. The monoisotopic (exact) mass is 587 g/mol. The van der Waals surface area contributed by atoms with Gasteiger partial charge in [0.25, 0.3) is 5.91 Å². The fourth-order valence-corrected chi connectivity index (χ4v) is 6.57. The van der Waals surface area contributed by atoms with Gasteiger partial charge in [-0.1, -0.05) is 53.5 Å². The van der Waals surface area contributed by atoms with Gasteiger partial charge in [-0.2, -0.15) is 0 Å². The van der Waals surface area contributed by atoms with Crippen molar-refractivity contribution < 1.29 is 18.3 Å².